The first-order valence-electron chi connectivity index (χ1n) is 6.02. The van der Waals surface area contributed by atoms with Crippen molar-refractivity contribution in [3.8, 4) is 12.4 Å². The third kappa shape index (κ3) is 2.68. The minimum absolute atomic E-state index is 0.0793. The van der Waals surface area contributed by atoms with Crippen LogP contribution in [0.4, 0.5) is 0 Å². The van der Waals surface area contributed by atoms with Gasteiger partial charge in [-0.05, 0) is 6.08 Å². The van der Waals surface area contributed by atoms with Crippen molar-refractivity contribution in [1.29, 1.82) is 10.5 Å². The number of carbonyl (C=O) groups excluding carboxylic acids is 1. The quantitative estimate of drug-likeness (QED) is 0.373. The van der Waals surface area contributed by atoms with Crippen LogP contribution in [0.25, 0.3) is 0 Å². The Kier molecular flexibility index (Phi) is 3.83. The molecule has 0 radical (unpaired) electrons. The molecule has 5 nitrogen and oxygen atoms in total. The molecule has 0 heterocycles. The molecule has 1 aromatic rings. The summed E-state index contributed by atoms with van der Waals surface area (Å²) in [4.78, 5) is 12.2. The van der Waals surface area contributed by atoms with Crippen molar-refractivity contribution in [3.05, 3.63) is 59.7 Å². The summed E-state index contributed by atoms with van der Waals surface area (Å²) in [5.41, 5.74) is 0.216. The number of ketones is 1. The Morgan fingerprint density at radius 3 is 2.30 bits per heavy atom. The highest BCUT2D eigenvalue weighted by Gasteiger charge is 2.28. The maximum Gasteiger partial charge on any atom is 0.192 e. The monoisotopic (exact) mass is 264 g/mol. The standard InChI is InChI=1S/C15H12N4O/c16-10-18-15(19-11-17)8-6-13(7-9-15)14(20)12-4-2-1-3-5-12/h1-8,18-19H,9H2. The van der Waals surface area contributed by atoms with Crippen molar-refractivity contribution in [2.24, 2.45) is 0 Å². The molecule has 2 N–H and O–H groups in total. The van der Waals surface area contributed by atoms with Gasteiger partial charge in [0.25, 0.3) is 0 Å². The van der Waals surface area contributed by atoms with Gasteiger partial charge >= 0.3 is 0 Å². The number of Topliss-reactive ketones (excluding diaryl/α,β-unsaturated/α-hetero) is 1. The van der Waals surface area contributed by atoms with E-state index >= 15 is 0 Å². The van der Waals surface area contributed by atoms with Crippen molar-refractivity contribution in [2.75, 3.05) is 0 Å². The molecule has 2 rings (SSSR count). The summed E-state index contributed by atoms with van der Waals surface area (Å²) in [6.45, 7) is 0. The summed E-state index contributed by atoms with van der Waals surface area (Å²) in [5.74, 6) is -0.0793. The smallest absolute Gasteiger partial charge is 0.192 e. The van der Waals surface area contributed by atoms with Gasteiger partial charge in [0.15, 0.2) is 18.2 Å². The average molecular weight is 264 g/mol. The Morgan fingerprint density at radius 2 is 1.80 bits per heavy atom. The van der Waals surface area contributed by atoms with Gasteiger partial charge in [0, 0.05) is 17.6 Å². The molecule has 0 fully saturated rings. The Hall–Kier alpha value is -3.05. The molecule has 0 saturated heterocycles. The summed E-state index contributed by atoms with van der Waals surface area (Å²) in [6.07, 6.45) is 8.90. The fourth-order valence-corrected chi connectivity index (χ4v) is 1.98. The predicted octanol–water partition coefficient (Wildman–Crippen LogP) is 1.59. The normalized spacial score (nSPS) is 15.4. The van der Waals surface area contributed by atoms with Crippen LogP contribution in [0.15, 0.2) is 54.1 Å². The van der Waals surface area contributed by atoms with E-state index in [4.69, 9.17) is 10.5 Å². The van der Waals surface area contributed by atoms with Crippen molar-refractivity contribution in [1.82, 2.24) is 10.6 Å². The molecule has 5 heteroatoms. The minimum Gasteiger partial charge on any atom is -0.296 e. The second-order valence-corrected chi connectivity index (χ2v) is 4.34. The van der Waals surface area contributed by atoms with Gasteiger partial charge in [0.1, 0.15) is 5.66 Å². The molecule has 0 aromatic heterocycles. The molecule has 1 aliphatic carbocycles. The zero-order chi connectivity index (χ0) is 14.4. The Labute approximate surface area is 116 Å². The highest BCUT2D eigenvalue weighted by molar-refractivity contribution is 6.10. The molecule has 0 unspecified atom stereocenters. The number of nitriles is 2. The van der Waals surface area contributed by atoms with Crippen molar-refractivity contribution in [3.63, 3.8) is 0 Å². The number of benzene rings is 1. The fourth-order valence-electron chi connectivity index (χ4n) is 1.98. The van der Waals surface area contributed by atoms with Gasteiger partial charge in [-0.3, -0.25) is 15.4 Å². The number of allylic oxidation sites excluding steroid dienone is 2. The van der Waals surface area contributed by atoms with E-state index < -0.39 is 5.66 Å². The number of carbonyl (C=O) groups is 1. The first-order chi connectivity index (χ1) is 9.71. The van der Waals surface area contributed by atoms with E-state index in [1.165, 1.54) is 0 Å². The number of hydrogen-bond donors (Lipinski definition) is 2. The van der Waals surface area contributed by atoms with Gasteiger partial charge < -0.3 is 0 Å². The maximum absolute atomic E-state index is 12.2. The van der Waals surface area contributed by atoms with Crippen molar-refractivity contribution < 1.29 is 4.79 Å². The molecule has 0 atom stereocenters. The van der Waals surface area contributed by atoms with Crippen LogP contribution >= 0.6 is 0 Å². The third-order valence-corrected chi connectivity index (χ3v) is 3.05. The van der Waals surface area contributed by atoms with Gasteiger partial charge in [-0.15, -0.1) is 0 Å². The van der Waals surface area contributed by atoms with Crippen LogP contribution in [0.2, 0.25) is 0 Å². The van der Waals surface area contributed by atoms with Gasteiger partial charge in [-0.2, -0.15) is 10.5 Å². The van der Waals surface area contributed by atoms with E-state index in [0.29, 0.717) is 17.6 Å². The van der Waals surface area contributed by atoms with E-state index in [-0.39, 0.29) is 5.78 Å². The maximum atomic E-state index is 12.2. The lowest BCUT2D eigenvalue weighted by atomic mass is 9.92. The lowest BCUT2D eigenvalue weighted by Crippen LogP contribution is -2.52. The van der Waals surface area contributed by atoms with E-state index in [1.54, 1.807) is 42.5 Å². The summed E-state index contributed by atoms with van der Waals surface area (Å²) < 4.78 is 0. The molecule has 1 aromatic carbocycles. The molecule has 0 spiro atoms. The van der Waals surface area contributed by atoms with Crippen LogP contribution in [0, 0.1) is 22.9 Å². The molecular formula is C15H12N4O. The lowest BCUT2D eigenvalue weighted by molar-refractivity contribution is 0.103. The minimum atomic E-state index is -0.941. The van der Waals surface area contributed by atoms with Gasteiger partial charge in [-0.25, -0.2) is 0 Å². The number of rotatable bonds is 4. The zero-order valence-corrected chi connectivity index (χ0v) is 10.6. The first-order valence-corrected chi connectivity index (χ1v) is 6.02. The Balaban J connectivity index is 2.18. The van der Waals surface area contributed by atoms with E-state index in [9.17, 15) is 4.79 Å². The molecule has 20 heavy (non-hydrogen) atoms. The SMILES string of the molecule is N#CNC1(NC#N)C=CC(C(=O)c2ccccc2)=CC1. The van der Waals surface area contributed by atoms with Crippen LogP contribution in [0.1, 0.15) is 16.8 Å². The van der Waals surface area contributed by atoms with Crippen LogP contribution in [-0.4, -0.2) is 11.4 Å². The third-order valence-electron chi connectivity index (χ3n) is 3.05. The summed E-state index contributed by atoms with van der Waals surface area (Å²) in [6, 6.07) is 8.96. The van der Waals surface area contributed by atoms with Crippen LogP contribution in [-0.2, 0) is 0 Å². The van der Waals surface area contributed by atoms with E-state index in [1.807, 2.05) is 18.5 Å². The highest BCUT2D eigenvalue weighted by Crippen LogP contribution is 2.21. The topological polar surface area (TPSA) is 88.7 Å². The van der Waals surface area contributed by atoms with E-state index in [0.717, 1.165) is 0 Å². The van der Waals surface area contributed by atoms with Gasteiger partial charge in [-0.1, -0.05) is 42.5 Å². The Morgan fingerprint density at radius 1 is 1.15 bits per heavy atom. The van der Waals surface area contributed by atoms with Gasteiger partial charge in [0.2, 0.25) is 0 Å². The number of nitrogens with one attached hydrogen (secondary N) is 2. The molecule has 1 aliphatic rings. The molecule has 0 bridgehead atoms. The molecule has 0 saturated carbocycles. The molecule has 0 aliphatic heterocycles. The molecule has 0 amide bonds. The Bertz CT molecular complexity index is 631. The van der Waals surface area contributed by atoms with Gasteiger partial charge in [0.05, 0.1) is 0 Å². The summed E-state index contributed by atoms with van der Waals surface area (Å²) in [5, 5.41) is 22.5. The predicted molar refractivity (Wildman–Crippen MR) is 72.8 cm³/mol. The number of nitrogens with zero attached hydrogens (tertiary/aromatic N) is 2. The number of hydrogen-bond acceptors (Lipinski definition) is 5. The van der Waals surface area contributed by atoms with E-state index in [2.05, 4.69) is 10.6 Å². The van der Waals surface area contributed by atoms with Crippen LogP contribution < -0.4 is 10.6 Å². The zero-order valence-electron chi connectivity index (χ0n) is 10.6. The lowest BCUT2D eigenvalue weighted by Gasteiger charge is -2.29. The largest absolute Gasteiger partial charge is 0.296 e. The summed E-state index contributed by atoms with van der Waals surface area (Å²) in [7, 11) is 0. The first kappa shape index (κ1) is 13.4. The second kappa shape index (κ2) is 5.73. The fraction of sp³-hybridized carbons (Fsp3) is 0.133. The van der Waals surface area contributed by atoms with Crippen LogP contribution in [0.3, 0.4) is 0 Å². The second-order valence-electron chi connectivity index (χ2n) is 4.34. The summed E-state index contributed by atoms with van der Waals surface area (Å²) >= 11 is 0. The molecule has 98 valence electrons. The molecular weight excluding hydrogens is 252 g/mol. The van der Waals surface area contributed by atoms with Crippen molar-refractivity contribution >= 4 is 5.78 Å². The van der Waals surface area contributed by atoms with Crippen LogP contribution in [0.5, 0.6) is 0 Å². The average Bonchev–Trinajstić information content (AvgIpc) is 2.49. The van der Waals surface area contributed by atoms with Crippen molar-refractivity contribution in [2.45, 2.75) is 12.1 Å². The highest BCUT2D eigenvalue weighted by atomic mass is 16.1.